The van der Waals surface area contributed by atoms with Gasteiger partial charge >= 0.3 is 24.3 Å². The third kappa shape index (κ3) is 10.7. The van der Waals surface area contributed by atoms with Crippen LogP contribution >= 0.6 is 11.3 Å². The first-order chi connectivity index (χ1) is 17.8. The van der Waals surface area contributed by atoms with Gasteiger partial charge < -0.3 is 19.5 Å². The quantitative estimate of drug-likeness (QED) is 0.442. The zero-order valence-electron chi connectivity index (χ0n) is 19.3. The number of carbonyl (C=O) groups is 2. The van der Waals surface area contributed by atoms with Gasteiger partial charge in [-0.05, 0) is 12.1 Å². The molecule has 3 aromatic heterocycles. The predicted molar refractivity (Wildman–Crippen MR) is 119 cm³/mol. The first-order valence-electron chi connectivity index (χ1n) is 10.5. The van der Waals surface area contributed by atoms with Crippen molar-refractivity contribution in [3.63, 3.8) is 0 Å². The first kappa shape index (κ1) is 30.5. The number of carboxylic acid groups (broad SMARTS) is 2. The van der Waals surface area contributed by atoms with Crippen molar-refractivity contribution in [2.24, 2.45) is 5.92 Å². The van der Waals surface area contributed by atoms with Crippen LogP contribution in [0.2, 0.25) is 0 Å². The SMILES string of the molecule is O=C(O)C(F)(F)F.O=C(O)C(F)(F)F.c1cncc(OCC2CN(Cc3nccs3)Cc3cncn3C2)c1. The molecule has 0 bridgehead atoms. The maximum Gasteiger partial charge on any atom is 0.490 e. The Kier molecular flexibility index (Phi) is 11.0. The van der Waals surface area contributed by atoms with Crippen LogP contribution < -0.4 is 4.74 Å². The molecule has 0 saturated heterocycles. The number of aromatic nitrogens is 4. The van der Waals surface area contributed by atoms with E-state index >= 15 is 0 Å². The molecular formula is C21H21F6N5O5S. The highest BCUT2D eigenvalue weighted by Gasteiger charge is 2.38. The highest BCUT2D eigenvalue weighted by molar-refractivity contribution is 7.09. The first-order valence-corrected chi connectivity index (χ1v) is 11.4. The summed E-state index contributed by atoms with van der Waals surface area (Å²) in [5, 5.41) is 17.4. The molecule has 1 atom stereocenters. The van der Waals surface area contributed by atoms with Crippen LogP contribution in [-0.4, -0.2) is 72.1 Å². The number of rotatable bonds is 5. The summed E-state index contributed by atoms with van der Waals surface area (Å²) >= 11 is 1.70. The van der Waals surface area contributed by atoms with E-state index in [1.807, 2.05) is 36.2 Å². The number of thiazole rings is 1. The zero-order chi connectivity index (χ0) is 28.3. The van der Waals surface area contributed by atoms with Crippen molar-refractivity contribution in [2.45, 2.75) is 32.0 Å². The van der Waals surface area contributed by atoms with E-state index in [0.29, 0.717) is 12.5 Å². The van der Waals surface area contributed by atoms with Gasteiger partial charge in [0, 0.05) is 49.5 Å². The Balaban J connectivity index is 0.000000301. The molecule has 1 unspecified atom stereocenters. The van der Waals surface area contributed by atoms with Gasteiger partial charge in [0.15, 0.2) is 0 Å². The van der Waals surface area contributed by atoms with Gasteiger partial charge in [-0.3, -0.25) is 9.88 Å². The number of imidazole rings is 1. The summed E-state index contributed by atoms with van der Waals surface area (Å²) in [4.78, 5) is 33.0. The minimum atomic E-state index is -5.08. The monoisotopic (exact) mass is 569 g/mol. The van der Waals surface area contributed by atoms with E-state index < -0.39 is 24.3 Å². The lowest BCUT2D eigenvalue weighted by molar-refractivity contribution is -0.193. The molecule has 208 valence electrons. The Morgan fingerprint density at radius 2 is 1.68 bits per heavy atom. The van der Waals surface area contributed by atoms with E-state index in [2.05, 4.69) is 24.4 Å². The van der Waals surface area contributed by atoms with Gasteiger partial charge in [-0.2, -0.15) is 26.3 Å². The molecule has 17 heteroatoms. The second-order valence-corrected chi connectivity index (χ2v) is 8.58. The molecule has 4 heterocycles. The maximum absolute atomic E-state index is 10.6. The molecule has 1 aliphatic heterocycles. The lowest BCUT2D eigenvalue weighted by Crippen LogP contribution is -2.30. The minimum absolute atomic E-state index is 0.389. The van der Waals surface area contributed by atoms with Gasteiger partial charge in [0.05, 0.1) is 31.4 Å². The number of hydrogen-bond donors (Lipinski definition) is 2. The molecule has 38 heavy (non-hydrogen) atoms. The number of alkyl halides is 6. The molecule has 2 N–H and O–H groups in total. The van der Waals surface area contributed by atoms with Crippen molar-refractivity contribution in [3.05, 3.63) is 59.3 Å². The summed E-state index contributed by atoms with van der Waals surface area (Å²) in [5.74, 6) is -4.31. The lowest BCUT2D eigenvalue weighted by Gasteiger charge is -2.23. The van der Waals surface area contributed by atoms with Crippen LogP contribution in [0.1, 0.15) is 10.7 Å². The van der Waals surface area contributed by atoms with Gasteiger partial charge in [0.25, 0.3) is 0 Å². The molecular weight excluding hydrogens is 548 g/mol. The van der Waals surface area contributed by atoms with E-state index in [0.717, 1.165) is 36.9 Å². The molecule has 0 fully saturated rings. The summed E-state index contributed by atoms with van der Waals surface area (Å²) < 4.78 is 71.6. The van der Waals surface area contributed by atoms with Gasteiger partial charge in [0.2, 0.25) is 0 Å². The Labute approximate surface area is 215 Å². The minimum Gasteiger partial charge on any atom is -0.492 e. The number of fused-ring (bicyclic) bond motifs is 1. The fourth-order valence-corrected chi connectivity index (χ4v) is 3.69. The smallest absolute Gasteiger partial charge is 0.490 e. The number of carboxylic acids is 2. The highest BCUT2D eigenvalue weighted by Crippen LogP contribution is 2.20. The fraction of sp³-hybridized carbons (Fsp3) is 0.381. The number of nitrogens with zero attached hydrogens (tertiary/aromatic N) is 5. The topological polar surface area (TPSA) is 131 Å². The lowest BCUT2D eigenvalue weighted by atomic mass is 10.1. The van der Waals surface area contributed by atoms with Crippen LogP contribution in [0.5, 0.6) is 5.75 Å². The van der Waals surface area contributed by atoms with Crippen molar-refractivity contribution in [1.29, 1.82) is 0 Å². The third-order valence-electron chi connectivity index (χ3n) is 4.60. The average molecular weight is 569 g/mol. The van der Waals surface area contributed by atoms with Crippen molar-refractivity contribution < 1.29 is 50.9 Å². The van der Waals surface area contributed by atoms with E-state index in [1.165, 1.54) is 5.69 Å². The second-order valence-electron chi connectivity index (χ2n) is 7.60. The number of aliphatic carboxylic acids is 2. The number of halogens is 6. The van der Waals surface area contributed by atoms with Crippen LogP contribution in [0.15, 0.2) is 48.6 Å². The fourth-order valence-electron chi connectivity index (χ4n) is 3.03. The molecule has 0 amide bonds. The molecule has 0 saturated carbocycles. The largest absolute Gasteiger partial charge is 0.492 e. The van der Waals surface area contributed by atoms with E-state index in [1.54, 1.807) is 23.7 Å². The van der Waals surface area contributed by atoms with Crippen molar-refractivity contribution in [3.8, 4) is 5.75 Å². The van der Waals surface area contributed by atoms with E-state index in [9.17, 15) is 26.3 Å². The molecule has 0 aromatic carbocycles. The third-order valence-corrected chi connectivity index (χ3v) is 5.37. The molecule has 10 nitrogen and oxygen atoms in total. The standard InChI is InChI=1S/C17H19N5OS.2C2HF3O2/c1-2-16(7-18-3-1)23-12-14-8-21(11-17-20-4-5-24-17)10-15-6-19-13-22(15)9-14;2*3-2(4,5)1(6)7/h1-7,13-14H,8-12H2;2*(H,6,7). The zero-order valence-corrected chi connectivity index (χ0v) is 20.1. The molecule has 3 aromatic rings. The van der Waals surface area contributed by atoms with E-state index in [-0.39, 0.29) is 0 Å². The number of ether oxygens (including phenoxy) is 1. The summed E-state index contributed by atoms with van der Waals surface area (Å²) in [6.07, 6.45) is -0.914. The van der Waals surface area contributed by atoms with Crippen molar-refractivity contribution in [1.82, 2.24) is 24.4 Å². The number of hydrogen-bond acceptors (Lipinski definition) is 8. The molecule has 0 radical (unpaired) electrons. The maximum atomic E-state index is 10.6. The van der Waals surface area contributed by atoms with Crippen LogP contribution in [0.25, 0.3) is 0 Å². The Morgan fingerprint density at radius 1 is 1.03 bits per heavy atom. The molecule has 1 aliphatic rings. The summed E-state index contributed by atoms with van der Waals surface area (Å²) in [7, 11) is 0. The van der Waals surface area contributed by atoms with Crippen LogP contribution in [-0.2, 0) is 29.2 Å². The van der Waals surface area contributed by atoms with Crippen LogP contribution in [0.3, 0.4) is 0 Å². The molecule has 0 aliphatic carbocycles. The summed E-state index contributed by atoms with van der Waals surface area (Å²) in [6.45, 7) is 4.32. The Bertz CT molecular complexity index is 1120. The Hall–Kier alpha value is -3.73. The van der Waals surface area contributed by atoms with Crippen molar-refractivity contribution >= 4 is 23.3 Å². The van der Waals surface area contributed by atoms with Crippen LogP contribution in [0, 0.1) is 5.92 Å². The average Bonchev–Trinajstić information content (AvgIpc) is 3.47. The van der Waals surface area contributed by atoms with Gasteiger partial charge in [-0.1, -0.05) is 0 Å². The van der Waals surface area contributed by atoms with E-state index in [4.69, 9.17) is 24.5 Å². The summed E-state index contributed by atoms with van der Waals surface area (Å²) in [6, 6.07) is 3.84. The molecule has 4 rings (SSSR count). The van der Waals surface area contributed by atoms with Crippen molar-refractivity contribution in [2.75, 3.05) is 13.2 Å². The van der Waals surface area contributed by atoms with Crippen LogP contribution in [0.4, 0.5) is 26.3 Å². The molecule has 0 spiro atoms. The highest BCUT2D eigenvalue weighted by atomic mass is 32.1. The second kappa shape index (κ2) is 13.7. The normalized spacial score (nSPS) is 15.6. The predicted octanol–water partition coefficient (Wildman–Crippen LogP) is 3.71. The Morgan fingerprint density at radius 3 is 2.21 bits per heavy atom. The van der Waals surface area contributed by atoms with Gasteiger partial charge in [-0.25, -0.2) is 19.6 Å². The van der Waals surface area contributed by atoms with Gasteiger partial charge in [0.1, 0.15) is 10.8 Å². The number of pyridine rings is 1. The van der Waals surface area contributed by atoms with Gasteiger partial charge in [-0.15, -0.1) is 11.3 Å². The summed E-state index contributed by atoms with van der Waals surface area (Å²) in [5.41, 5.74) is 1.25.